The van der Waals surface area contributed by atoms with Gasteiger partial charge < -0.3 is 4.74 Å². The molecule has 0 N–H and O–H groups in total. The number of hydrogen-bond donors (Lipinski definition) is 0. The van der Waals surface area contributed by atoms with Gasteiger partial charge in [-0.1, -0.05) is 13.8 Å². The highest BCUT2D eigenvalue weighted by atomic mass is 16.6. The van der Waals surface area contributed by atoms with Gasteiger partial charge in [0.2, 0.25) is 0 Å². The third-order valence-electron chi connectivity index (χ3n) is 3.83. The molecule has 1 saturated carbocycles. The lowest BCUT2D eigenvalue weighted by Crippen LogP contribution is -2.65. The molecule has 66 valence electrons. The van der Waals surface area contributed by atoms with E-state index in [9.17, 15) is 9.59 Å². The van der Waals surface area contributed by atoms with Crippen LogP contribution in [0.2, 0.25) is 0 Å². The third kappa shape index (κ3) is 0.551. The van der Waals surface area contributed by atoms with E-state index in [-0.39, 0.29) is 23.3 Å². The number of rotatable bonds is 0. The van der Waals surface area contributed by atoms with Crippen LogP contribution in [0, 0.1) is 16.7 Å². The largest absolute Gasteiger partial charge is 0.392 e. The fraction of sp³-hybridized carbons (Fsp3) is 0.778. The lowest BCUT2D eigenvalue weighted by atomic mass is 9.44. The van der Waals surface area contributed by atoms with Crippen molar-refractivity contribution in [1.82, 2.24) is 0 Å². The number of ether oxygens (including phenoxy) is 1. The van der Waals surface area contributed by atoms with Gasteiger partial charge in [-0.25, -0.2) is 0 Å². The Hall–Kier alpha value is -0.860. The lowest BCUT2D eigenvalue weighted by molar-refractivity contribution is -0.222. The molecule has 2 atom stereocenters. The first-order valence-electron chi connectivity index (χ1n) is 4.16. The van der Waals surface area contributed by atoms with Gasteiger partial charge >= 0.3 is 11.9 Å². The molecule has 0 spiro atoms. The molecule has 2 heterocycles. The molecule has 1 aliphatic carbocycles. The normalized spacial score (nSPS) is 43.4. The minimum atomic E-state index is -0.425. The third-order valence-corrected chi connectivity index (χ3v) is 3.83. The van der Waals surface area contributed by atoms with Gasteiger partial charge in [-0.3, -0.25) is 9.59 Å². The van der Waals surface area contributed by atoms with Gasteiger partial charge in [0.25, 0.3) is 0 Å². The number of fused-ring (bicyclic) bond motifs is 2. The summed E-state index contributed by atoms with van der Waals surface area (Å²) in [5.74, 6) is -0.756. The van der Waals surface area contributed by atoms with Crippen LogP contribution in [0.5, 0.6) is 0 Å². The fourth-order valence-corrected chi connectivity index (χ4v) is 2.18. The lowest BCUT2D eigenvalue weighted by Gasteiger charge is -2.59. The fourth-order valence-electron chi connectivity index (χ4n) is 2.18. The Kier molecular flexibility index (Phi) is 1.12. The zero-order valence-electron chi connectivity index (χ0n) is 7.51. The Morgan fingerprint density at radius 2 is 1.92 bits per heavy atom. The maximum Gasteiger partial charge on any atom is 0.320 e. The van der Waals surface area contributed by atoms with Gasteiger partial charge in [-0.05, 0) is 18.8 Å². The predicted octanol–water partition coefficient (Wildman–Crippen LogP) is 1.12. The van der Waals surface area contributed by atoms with Crippen molar-refractivity contribution in [3.8, 4) is 0 Å². The Balaban J connectivity index is 2.43. The topological polar surface area (TPSA) is 43.4 Å². The summed E-state index contributed by atoms with van der Waals surface area (Å²) in [5, 5.41) is 0. The molecule has 0 aromatic carbocycles. The molecule has 3 heteroatoms. The summed E-state index contributed by atoms with van der Waals surface area (Å²) in [7, 11) is 0. The number of hydrogen-bond acceptors (Lipinski definition) is 3. The van der Waals surface area contributed by atoms with Gasteiger partial charge in [0.05, 0.1) is 11.3 Å². The molecule has 3 nitrogen and oxygen atoms in total. The summed E-state index contributed by atoms with van der Waals surface area (Å²) in [6, 6.07) is 0. The highest BCUT2D eigenvalue weighted by molar-refractivity contribution is 5.97. The van der Waals surface area contributed by atoms with Gasteiger partial charge in [0, 0.05) is 0 Å². The zero-order valence-corrected chi connectivity index (χ0v) is 7.51. The molecule has 3 aliphatic rings. The van der Waals surface area contributed by atoms with Crippen LogP contribution in [-0.4, -0.2) is 11.9 Å². The van der Waals surface area contributed by atoms with Crippen molar-refractivity contribution in [1.29, 1.82) is 0 Å². The quantitative estimate of drug-likeness (QED) is 0.402. The average molecular weight is 168 g/mol. The summed E-state index contributed by atoms with van der Waals surface area (Å²) in [5.41, 5.74) is -0.634. The van der Waals surface area contributed by atoms with E-state index in [2.05, 4.69) is 4.74 Å². The predicted molar refractivity (Wildman–Crippen MR) is 41.1 cm³/mol. The van der Waals surface area contributed by atoms with Crippen LogP contribution in [-0.2, 0) is 14.3 Å². The van der Waals surface area contributed by atoms with Gasteiger partial charge in [-0.15, -0.1) is 0 Å². The Labute approximate surface area is 71.1 Å². The van der Waals surface area contributed by atoms with E-state index in [4.69, 9.17) is 0 Å². The average Bonchev–Trinajstić information content (AvgIpc) is 1.96. The second-order valence-electron chi connectivity index (χ2n) is 4.52. The van der Waals surface area contributed by atoms with Crippen molar-refractivity contribution in [3.63, 3.8) is 0 Å². The van der Waals surface area contributed by atoms with E-state index < -0.39 is 5.41 Å². The summed E-state index contributed by atoms with van der Waals surface area (Å²) in [4.78, 5) is 22.5. The van der Waals surface area contributed by atoms with E-state index in [0.29, 0.717) is 6.42 Å². The minimum absolute atomic E-state index is 0.0693. The monoisotopic (exact) mass is 168 g/mol. The van der Waals surface area contributed by atoms with Crippen LogP contribution in [0.4, 0.5) is 0 Å². The number of carbonyl (C=O) groups excluding carboxylic acids is 2. The van der Waals surface area contributed by atoms with E-state index in [1.165, 1.54) is 0 Å². The van der Waals surface area contributed by atoms with Crippen molar-refractivity contribution in [3.05, 3.63) is 0 Å². The minimum Gasteiger partial charge on any atom is -0.392 e. The zero-order chi connectivity index (χ0) is 9.15. The van der Waals surface area contributed by atoms with Crippen molar-refractivity contribution in [2.45, 2.75) is 27.2 Å². The van der Waals surface area contributed by atoms with E-state index >= 15 is 0 Å². The maximum atomic E-state index is 11.3. The smallest absolute Gasteiger partial charge is 0.320 e. The molecular weight excluding hydrogens is 156 g/mol. The molecule has 0 unspecified atom stereocenters. The SMILES string of the molecule is CC1(C)[C@H]2C[C@@]1(C)C(=O)OC2=O. The molecule has 0 radical (unpaired) electrons. The van der Waals surface area contributed by atoms with Crippen LogP contribution >= 0.6 is 0 Å². The summed E-state index contributed by atoms with van der Waals surface area (Å²) < 4.78 is 4.61. The van der Waals surface area contributed by atoms with Crippen molar-refractivity contribution >= 4 is 11.9 Å². The number of esters is 2. The number of carbonyl (C=O) groups is 2. The van der Waals surface area contributed by atoms with Crippen LogP contribution < -0.4 is 0 Å². The molecule has 3 fully saturated rings. The van der Waals surface area contributed by atoms with Crippen molar-refractivity contribution in [2.75, 3.05) is 0 Å². The first kappa shape index (κ1) is 7.77. The molecule has 2 aliphatic heterocycles. The Morgan fingerprint density at radius 1 is 1.33 bits per heavy atom. The Bertz CT molecular complexity index is 279. The molecule has 2 saturated heterocycles. The standard InChI is InChI=1S/C9H12O3/c1-8(2)5-4-9(8,3)7(11)12-6(5)10/h5H,4H2,1-3H3/t5-,9-/m0/s1. The molecule has 2 bridgehead atoms. The van der Waals surface area contributed by atoms with Crippen LogP contribution in [0.3, 0.4) is 0 Å². The van der Waals surface area contributed by atoms with Crippen molar-refractivity contribution in [2.24, 2.45) is 16.7 Å². The van der Waals surface area contributed by atoms with Gasteiger partial charge in [0.1, 0.15) is 0 Å². The maximum absolute atomic E-state index is 11.3. The van der Waals surface area contributed by atoms with Crippen LogP contribution in [0.15, 0.2) is 0 Å². The summed E-state index contributed by atoms with van der Waals surface area (Å²) in [6.45, 7) is 5.79. The highest BCUT2D eigenvalue weighted by Crippen LogP contribution is 2.63. The second kappa shape index (κ2) is 1.73. The van der Waals surface area contributed by atoms with Gasteiger partial charge in [-0.2, -0.15) is 0 Å². The summed E-state index contributed by atoms with van der Waals surface area (Å²) >= 11 is 0. The molecule has 0 aromatic heterocycles. The van der Waals surface area contributed by atoms with Crippen molar-refractivity contribution < 1.29 is 14.3 Å². The van der Waals surface area contributed by atoms with E-state index in [1.54, 1.807) is 0 Å². The molecule has 3 rings (SSSR count). The molecule has 0 aromatic rings. The highest BCUT2D eigenvalue weighted by Gasteiger charge is 2.69. The Morgan fingerprint density at radius 3 is 2.33 bits per heavy atom. The first-order chi connectivity index (χ1) is 5.39. The first-order valence-corrected chi connectivity index (χ1v) is 4.16. The molecular formula is C9H12O3. The molecule has 12 heavy (non-hydrogen) atoms. The molecule has 0 amide bonds. The van der Waals surface area contributed by atoms with E-state index in [1.807, 2.05) is 20.8 Å². The van der Waals surface area contributed by atoms with Crippen LogP contribution in [0.1, 0.15) is 27.2 Å². The van der Waals surface area contributed by atoms with Gasteiger partial charge in [0.15, 0.2) is 0 Å². The second-order valence-corrected chi connectivity index (χ2v) is 4.52. The van der Waals surface area contributed by atoms with Crippen LogP contribution in [0.25, 0.3) is 0 Å². The summed E-state index contributed by atoms with van der Waals surface area (Å²) in [6.07, 6.45) is 0.664. The van der Waals surface area contributed by atoms with E-state index in [0.717, 1.165) is 0 Å².